The van der Waals surface area contributed by atoms with Crippen molar-refractivity contribution in [1.29, 1.82) is 0 Å². The van der Waals surface area contributed by atoms with Gasteiger partial charge in [-0.05, 0) is 6.42 Å². The Hall–Kier alpha value is -0.480. The second-order valence-corrected chi connectivity index (χ2v) is 5.59. The molecular formula is C17H30O. The maximum atomic E-state index is 5.32. The standard InChI is InChI=1S/C17H30O/c1-3-5-6-7-8-9-10-11-12-13-14-15-17-16(4-2)18-17/h2,16-17H,3,5-15H2,1H3/t16-,17-/m0/s1. The highest BCUT2D eigenvalue weighted by molar-refractivity contribution is 5.07. The molecule has 1 fully saturated rings. The van der Waals surface area contributed by atoms with E-state index in [0.29, 0.717) is 6.10 Å². The fourth-order valence-electron chi connectivity index (χ4n) is 2.52. The summed E-state index contributed by atoms with van der Waals surface area (Å²) >= 11 is 0. The van der Waals surface area contributed by atoms with Gasteiger partial charge in [-0.1, -0.05) is 83.5 Å². The zero-order valence-electron chi connectivity index (χ0n) is 12.1. The van der Waals surface area contributed by atoms with Crippen LogP contribution in [0.3, 0.4) is 0 Å². The fraction of sp³-hybridized carbons (Fsp3) is 0.882. The van der Waals surface area contributed by atoms with Gasteiger partial charge in [0, 0.05) is 0 Å². The minimum atomic E-state index is 0.146. The van der Waals surface area contributed by atoms with E-state index in [1.54, 1.807) is 0 Å². The molecule has 0 N–H and O–H groups in total. The summed E-state index contributed by atoms with van der Waals surface area (Å²) in [6.45, 7) is 2.28. The Labute approximate surface area is 114 Å². The van der Waals surface area contributed by atoms with Gasteiger partial charge in [-0.3, -0.25) is 0 Å². The number of hydrogen-bond donors (Lipinski definition) is 0. The molecule has 1 nitrogen and oxygen atoms in total. The first-order valence-corrected chi connectivity index (χ1v) is 8.00. The summed E-state index contributed by atoms with van der Waals surface area (Å²) in [5, 5.41) is 0. The Balaban J connectivity index is 1.68. The van der Waals surface area contributed by atoms with Gasteiger partial charge in [0.1, 0.15) is 6.10 Å². The molecule has 0 aromatic carbocycles. The molecule has 1 rings (SSSR count). The molecular weight excluding hydrogens is 220 g/mol. The molecule has 1 heterocycles. The summed E-state index contributed by atoms with van der Waals surface area (Å²) in [5.74, 6) is 2.66. The lowest BCUT2D eigenvalue weighted by atomic mass is 10.0. The van der Waals surface area contributed by atoms with E-state index in [1.807, 2.05) is 0 Å². The molecule has 104 valence electrons. The van der Waals surface area contributed by atoms with E-state index >= 15 is 0 Å². The average molecular weight is 250 g/mol. The summed E-state index contributed by atoms with van der Waals surface area (Å²) in [7, 11) is 0. The van der Waals surface area contributed by atoms with Gasteiger partial charge < -0.3 is 4.74 Å². The van der Waals surface area contributed by atoms with Gasteiger partial charge in [-0.2, -0.15) is 0 Å². The van der Waals surface area contributed by atoms with E-state index in [4.69, 9.17) is 11.2 Å². The SMILES string of the molecule is C#C[C@@H]1O[C@H]1CCCCCCCCCCCCC. The van der Waals surface area contributed by atoms with Crippen LogP contribution in [0.1, 0.15) is 84.0 Å². The second-order valence-electron chi connectivity index (χ2n) is 5.59. The van der Waals surface area contributed by atoms with Crippen molar-refractivity contribution in [2.75, 3.05) is 0 Å². The molecule has 1 aliphatic rings. The maximum absolute atomic E-state index is 5.32. The van der Waals surface area contributed by atoms with Crippen LogP contribution in [0, 0.1) is 12.3 Å². The van der Waals surface area contributed by atoms with Gasteiger partial charge >= 0.3 is 0 Å². The molecule has 0 bridgehead atoms. The molecule has 0 radical (unpaired) electrons. The summed E-state index contributed by atoms with van der Waals surface area (Å²) in [6, 6.07) is 0. The normalized spacial score (nSPS) is 21.8. The zero-order chi connectivity index (χ0) is 13.1. The molecule has 18 heavy (non-hydrogen) atoms. The van der Waals surface area contributed by atoms with Crippen molar-refractivity contribution in [2.45, 2.75) is 96.2 Å². The number of unbranched alkanes of at least 4 members (excludes halogenated alkanes) is 10. The Kier molecular flexibility index (Phi) is 9.04. The first-order valence-electron chi connectivity index (χ1n) is 8.00. The van der Waals surface area contributed by atoms with Crippen LogP contribution in [0.25, 0.3) is 0 Å². The Morgan fingerprint density at radius 2 is 1.33 bits per heavy atom. The predicted octanol–water partition coefficient (Wildman–Crippen LogP) is 5.09. The van der Waals surface area contributed by atoms with Crippen LogP contribution in [0.4, 0.5) is 0 Å². The van der Waals surface area contributed by atoms with E-state index in [-0.39, 0.29) is 6.10 Å². The lowest BCUT2D eigenvalue weighted by Gasteiger charge is -2.01. The van der Waals surface area contributed by atoms with Crippen molar-refractivity contribution in [3.8, 4) is 12.3 Å². The summed E-state index contributed by atoms with van der Waals surface area (Å²) in [6.07, 6.45) is 22.4. The molecule has 0 spiro atoms. The average Bonchev–Trinajstić information content (AvgIpc) is 3.14. The number of ether oxygens (including phenoxy) is 1. The van der Waals surface area contributed by atoms with E-state index < -0.39 is 0 Å². The second kappa shape index (κ2) is 10.4. The van der Waals surface area contributed by atoms with Crippen LogP contribution < -0.4 is 0 Å². The topological polar surface area (TPSA) is 12.5 Å². The van der Waals surface area contributed by atoms with E-state index in [2.05, 4.69) is 12.8 Å². The molecule has 0 unspecified atom stereocenters. The highest BCUT2D eigenvalue weighted by Gasteiger charge is 2.35. The van der Waals surface area contributed by atoms with E-state index in [9.17, 15) is 0 Å². The first kappa shape index (κ1) is 15.6. The third-order valence-electron chi connectivity index (χ3n) is 3.84. The summed E-state index contributed by atoms with van der Waals surface area (Å²) < 4.78 is 5.32. The molecule has 0 saturated carbocycles. The monoisotopic (exact) mass is 250 g/mol. The maximum Gasteiger partial charge on any atom is 0.144 e. The number of epoxide rings is 1. The Bertz CT molecular complexity index is 228. The molecule has 0 aliphatic carbocycles. The van der Waals surface area contributed by atoms with Gasteiger partial charge in [0.15, 0.2) is 0 Å². The number of rotatable bonds is 12. The smallest absolute Gasteiger partial charge is 0.144 e. The molecule has 0 aromatic rings. The summed E-state index contributed by atoms with van der Waals surface area (Å²) in [4.78, 5) is 0. The molecule has 0 amide bonds. The van der Waals surface area contributed by atoms with Crippen LogP contribution >= 0.6 is 0 Å². The van der Waals surface area contributed by atoms with Crippen LogP contribution in [0.15, 0.2) is 0 Å². The fourth-order valence-corrected chi connectivity index (χ4v) is 2.52. The molecule has 1 aliphatic heterocycles. The first-order chi connectivity index (χ1) is 8.88. The van der Waals surface area contributed by atoms with Crippen LogP contribution in [-0.2, 0) is 4.74 Å². The molecule has 1 saturated heterocycles. The predicted molar refractivity (Wildman–Crippen MR) is 78.6 cm³/mol. The van der Waals surface area contributed by atoms with Gasteiger partial charge in [-0.25, -0.2) is 0 Å². The highest BCUT2D eigenvalue weighted by atomic mass is 16.6. The quantitative estimate of drug-likeness (QED) is 0.267. The summed E-state index contributed by atoms with van der Waals surface area (Å²) in [5.41, 5.74) is 0. The number of hydrogen-bond acceptors (Lipinski definition) is 1. The van der Waals surface area contributed by atoms with Gasteiger partial charge in [0.25, 0.3) is 0 Å². The Morgan fingerprint density at radius 3 is 1.78 bits per heavy atom. The van der Waals surface area contributed by atoms with Crippen molar-refractivity contribution in [1.82, 2.24) is 0 Å². The van der Waals surface area contributed by atoms with Crippen LogP contribution in [0.2, 0.25) is 0 Å². The van der Waals surface area contributed by atoms with Crippen molar-refractivity contribution >= 4 is 0 Å². The third kappa shape index (κ3) is 7.77. The van der Waals surface area contributed by atoms with Gasteiger partial charge in [0.2, 0.25) is 0 Å². The van der Waals surface area contributed by atoms with Crippen molar-refractivity contribution in [3.63, 3.8) is 0 Å². The van der Waals surface area contributed by atoms with Gasteiger partial charge in [0.05, 0.1) is 6.10 Å². The van der Waals surface area contributed by atoms with Crippen LogP contribution in [0.5, 0.6) is 0 Å². The minimum Gasteiger partial charge on any atom is -0.356 e. The molecule has 0 aromatic heterocycles. The van der Waals surface area contributed by atoms with Crippen molar-refractivity contribution in [3.05, 3.63) is 0 Å². The molecule has 1 heteroatoms. The van der Waals surface area contributed by atoms with Crippen molar-refractivity contribution < 1.29 is 4.74 Å². The zero-order valence-corrected chi connectivity index (χ0v) is 12.1. The highest BCUT2D eigenvalue weighted by Crippen LogP contribution is 2.26. The lowest BCUT2D eigenvalue weighted by Crippen LogP contribution is -1.91. The molecule has 2 atom stereocenters. The van der Waals surface area contributed by atoms with E-state index in [1.165, 1.54) is 77.0 Å². The Morgan fingerprint density at radius 1 is 0.833 bits per heavy atom. The van der Waals surface area contributed by atoms with Gasteiger partial charge in [-0.15, -0.1) is 6.42 Å². The number of terminal acetylenes is 1. The van der Waals surface area contributed by atoms with E-state index in [0.717, 1.165) is 0 Å². The minimum absolute atomic E-state index is 0.146. The lowest BCUT2D eigenvalue weighted by molar-refractivity contribution is 0.374. The van der Waals surface area contributed by atoms with Crippen LogP contribution in [-0.4, -0.2) is 12.2 Å². The van der Waals surface area contributed by atoms with Crippen molar-refractivity contribution in [2.24, 2.45) is 0 Å². The third-order valence-corrected chi connectivity index (χ3v) is 3.84. The largest absolute Gasteiger partial charge is 0.356 e.